The minimum Gasteiger partial charge on any atom is -0.425 e. The topological polar surface area (TPSA) is 74.7 Å². The van der Waals surface area contributed by atoms with E-state index in [1.54, 1.807) is 23.2 Å². The molecule has 0 spiro atoms. The number of carbonyl (C=O) groups is 2. The SMILES string of the molecule is CCCCCCCCCCCCCCCC(=O)OC(C)OC(=O)N1C(N2CCN(C)CC2)=c2cc(C)sc2=Nc2ccccc21. The van der Waals surface area contributed by atoms with E-state index in [0.717, 1.165) is 66.0 Å². The lowest BCUT2D eigenvalue weighted by atomic mass is 10.0. The van der Waals surface area contributed by atoms with Crippen LogP contribution in [-0.2, 0) is 14.3 Å². The average molecular weight is 639 g/mol. The quantitative estimate of drug-likeness (QED) is 0.101. The molecule has 4 rings (SSSR count). The third-order valence-electron chi connectivity index (χ3n) is 8.67. The van der Waals surface area contributed by atoms with Gasteiger partial charge in [0.15, 0.2) is 0 Å². The zero-order chi connectivity index (χ0) is 32.0. The zero-order valence-electron chi connectivity index (χ0n) is 28.0. The number of aryl methyl sites for hydroxylation is 1. The van der Waals surface area contributed by atoms with Crippen molar-refractivity contribution >= 4 is 40.6 Å². The molecule has 0 saturated carbocycles. The number of thiophene rings is 1. The summed E-state index contributed by atoms with van der Waals surface area (Å²) >= 11 is 1.62. The largest absolute Gasteiger partial charge is 0.425 e. The first kappa shape index (κ1) is 35.0. The van der Waals surface area contributed by atoms with Gasteiger partial charge in [0.2, 0.25) is 6.29 Å². The number of unbranched alkanes of at least 4 members (excludes halogenated alkanes) is 12. The zero-order valence-corrected chi connectivity index (χ0v) is 28.8. The molecule has 2 aliphatic rings. The van der Waals surface area contributed by atoms with Crippen LogP contribution in [0.2, 0.25) is 0 Å². The normalized spacial score (nSPS) is 15.6. The van der Waals surface area contributed by atoms with Gasteiger partial charge in [0, 0.05) is 44.4 Å². The van der Waals surface area contributed by atoms with Gasteiger partial charge in [-0.1, -0.05) is 96.1 Å². The number of benzene rings is 1. The van der Waals surface area contributed by atoms with Crippen LogP contribution < -0.4 is 14.8 Å². The molecule has 1 atom stereocenters. The number of ether oxygens (including phenoxy) is 2. The van der Waals surface area contributed by atoms with Gasteiger partial charge in [-0.25, -0.2) is 14.7 Å². The summed E-state index contributed by atoms with van der Waals surface area (Å²) in [5.41, 5.74) is 1.36. The van der Waals surface area contributed by atoms with Gasteiger partial charge in [-0.3, -0.25) is 4.79 Å². The van der Waals surface area contributed by atoms with E-state index in [1.807, 2.05) is 24.3 Å². The molecule has 0 N–H and O–H groups in total. The monoisotopic (exact) mass is 638 g/mol. The summed E-state index contributed by atoms with van der Waals surface area (Å²) in [7, 11) is 2.11. The molecule has 8 nitrogen and oxygen atoms in total. The number of amides is 1. The molecule has 1 unspecified atom stereocenters. The number of rotatable bonds is 17. The second kappa shape index (κ2) is 18.3. The predicted octanol–water partition coefficient (Wildman–Crippen LogP) is 7.65. The lowest BCUT2D eigenvalue weighted by Crippen LogP contribution is -2.51. The maximum Gasteiger partial charge on any atom is 0.423 e. The Morgan fingerprint density at radius 1 is 0.867 bits per heavy atom. The first-order valence-electron chi connectivity index (χ1n) is 17.3. The molecule has 1 aromatic carbocycles. The van der Waals surface area contributed by atoms with Crippen LogP contribution >= 0.6 is 11.3 Å². The summed E-state index contributed by atoms with van der Waals surface area (Å²) in [6, 6.07) is 9.74. The molecule has 0 aliphatic carbocycles. The minimum atomic E-state index is -1.00. The van der Waals surface area contributed by atoms with Crippen molar-refractivity contribution in [3.8, 4) is 0 Å². The fourth-order valence-corrected chi connectivity index (χ4v) is 6.99. The predicted molar refractivity (Wildman–Crippen MR) is 183 cm³/mol. The first-order chi connectivity index (χ1) is 21.9. The molecule has 1 amide bonds. The smallest absolute Gasteiger partial charge is 0.423 e. The summed E-state index contributed by atoms with van der Waals surface area (Å²) in [4.78, 5) is 38.8. The van der Waals surface area contributed by atoms with Crippen LogP contribution in [0.3, 0.4) is 0 Å². The Bertz CT molecular complexity index is 1350. The summed E-state index contributed by atoms with van der Waals surface area (Å²) in [6.07, 6.45) is 15.0. The molecular weight excluding hydrogens is 584 g/mol. The average Bonchev–Trinajstić information content (AvgIpc) is 3.31. The number of nitrogens with zero attached hydrogens (tertiary/aromatic N) is 4. The van der Waals surface area contributed by atoms with Gasteiger partial charge in [0.05, 0.1) is 16.6 Å². The third kappa shape index (κ3) is 10.6. The number of piperazine rings is 1. The maximum absolute atomic E-state index is 13.9. The van der Waals surface area contributed by atoms with Gasteiger partial charge in [-0.05, 0) is 38.6 Å². The molecule has 1 fully saturated rings. The van der Waals surface area contributed by atoms with Gasteiger partial charge < -0.3 is 19.3 Å². The minimum absolute atomic E-state index is 0.330. The van der Waals surface area contributed by atoms with Crippen LogP contribution in [-0.4, -0.2) is 61.4 Å². The van der Waals surface area contributed by atoms with Gasteiger partial charge in [-0.15, -0.1) is 11.3 Å². The number of esters is 1. The number of anilines is 1. The van der Waals surface area contributed by atoms with E-state index in [4.69, 9.17) is 14.5 Å². The van der Waals surface area contributed by atoms with Crippen LogP contribution in [0.5, 0.6) is 0 Å². The summed E-state index contributed by atoms with van der Waals surface area (Å²) in [5.74, 6) is 0.440. The van der Waals surface area contributed by atoms with Crippen molar-refractivity contribution in [3.63, 3.8) is 0 Å². The van der Waals surface area contributed by atoms with E-state index in [9.17, 15) is 9.59 Å². The number of likely N-dealkylation sites (N-methyl/N-ethyl adjacent to an activating group) is 1. The Balaban J connectivity index is 1.28. The molecule has 2 aliphatic heterocycles. The Kier molecular flexibility index (Phi) is 14.2. The molecule has 3 heterocycles. The van der Waals surface area contributed by atoms with Crippen molar-refractivity contribution in [2.24, 2.45) is 4.99 Å². The van der Waals surface area contributed by atoms with Crippen LogP contribution in [0.1, 0.15) is 109 Å². The summed E-state index contributed by atoms with van der Waals surface area (Å²) in [5, 5.41) is 0.919. The fourth-order valence-electron chi connectivity index (χ4n) is 6.10. The van der Waals surface area contributed by atoms with Gasteiger partial charge >= 0.3 is 12.1 Å². The number of hydrogen-bond acceptors (Lipinski definition) is 8. The van der Waals surface area contributed by atoms with Crippen molar-refractivity contribution in [1.29, 1.82) is 0 Å². The molecule has 0 radical (unpaired) electrons. The van der Waals surface area contributed by atoms with E-state index >= 15 is 0 Å². The first-order valence-corrected chi connectivity index (χ1v) is 18.1. The molecule has 1 aromatic heterocycles. The van der Waals surface area contributed by atoms with E-state index in [2.05, 4.69) is 36.8 Å². The van der Waals surface area contributed by atoms with Crippen molar-refractivity contribution < 1.29 is 19.1 Å². The van der Waals surface area contributed by atoms with Crippen LogP contribution in [0.4, 0.5) is 16.2 Å². The highest BCUT2D eigenvalue weighted by molar-refractivity contribution is 7.09. The number of hydrogen-bond donors (Lipinski definition) is 0. The van der Waals surface area contributed by atoms with Crippen molar-refractivity contribution in [3.05, 3.63) is 45.1 Å². The highest BCUT2D eigenvalue weighted by atomic mass is 32.1. The van der Waals surface area contributed by atoms with E-state index in [-0.39, 0.29) is 5.97 Å². The third-order valence-corrected chi connectivity index (χ3v) is 9.61. The molecule has 45 heavy (non-hydrogen) atoms. The second-order valence-corrected chi connectivity index (χ2v) is 13.8. The lowest BCUT2D eigenvalue weighted by Gasteiger charge is -2.39. The lowest BCUT2D eigenvalue weighted by molar-refractivity contribution is -0.164. The summed E-state index contributed by atoms with van der Waals surface area (Å²) < 4.78 is 12.2. The Hall–Kier alpha value is -2.91. The molecule has 1 saturated heterocycles. The Morgan fingerprint density at radius 3 is 2.11 bits per heavy atom. The van der Waals surface area contributed by atoms with Crippen molar-refractivity contribution in [1.82, 2.24) is 9.80 Å². The number of fused-ring (bicyclic) bond motifs is 2. The molecule has 2 aromatic rings. The highest BCUT2D eigenvalue weighted by Gasteiger charge is 2.33. The highest BCUT2D eigenvalue weighted by Crippen LogP contribution is 2.34. The summed E-state index contributed by atoms with van der Waals surface area (Å²) in [6.45, 7) is 9.25. The number of para-hydroxylation sites is 2. The second-order valence-electron chi connectivity index (χ2n) is 12.6. The van der Waals surface area contributed by atoms with Crippen LogP contribution in [0.25, 0.3) is 5.82 Å². The van der Waals surface area contributed by atoms with Crippen molar-refractivity contribution in [2.45, 2.75) is 117 Å². The molecular formula is C36H54N4O4S. The van der Waals surface area contributed by atoms with E-state index < -0.39 is 12.4 Å². The maximum atomic E-state index is 13.9. The molecule has 248 valence electrons. The van der Waals surface area contributed by atoms with Crippen molar-refractivity contribution in [2.75, 3.05) is 38.1 Å². The van der Waals surface area contributed by atoms with Gasteiger partial charge in [-0.2, -0.15) is 0 Å². The van der Waals surface area contributed by atoms with E-state index in [1.165, 1.54) is 64.2 Å². The van der Waals surface area contributed by atoms with Crippen LogP contribution in [0, 0.1) is 6.92 Å². The molecule has 9 heteroatoms. The van der Waals surface area contributed by atoms with Gasteiger partial charge in [0.25, 0.3) is 0 Å². The van der Waals surface area contributed by atoms with Gasteiger partial charge in [0.1, 0.15) is 10.5 Å². The number of carbonyl (C=O) groups excluding carboxylic acids is 2. The Morgan fingerprint density at radius 2 is 1.47 bits per heavy atom. The molecule has 0 bridgehead atoms. The van der Waals surface area contributed by atoms with Crippen LogP contribution in [0.15, 0.2) is 35.3 Å². The van der Waals surface area contributed by atoms with E-state index in [0.29, 0.717) is 17.8 Å². The fraction of sp³-hybridized carbons (Fsp3) is 0.639. The Labute approximate surface area is 274 Å². The standard InChI is InChI=1S/C36H54N4O4S/c1-5-6-7-8-9-10-11-12-13-14-15-16-17-22-33(41)43-29(3)44-36(42)40-32-21-19-18-20-31(32)37-34-30(27-28(2)45-34)35(40)39-25-23-38(4)24-26-39/h18-21,27,29H,5-17,22-26H2,1-4H3.